The molecule has 0 bridgehead atoms. The molecule has 0 radical (unpaired) electrons. The van der Waals surface area contributed by atoms with Gasteiger partial charge in [-0.25, -0.2) is 22.8 Å². The average Bonchev–Trinajstić information content (AvgIpc) is 2.99. The van der Waals surface area contributed by atoms with Crippen molar-refractivity contribution in [3.8, 4) is 5.75 Å². The number of carbonyl (C=O) groups is 3. The minimum Gasteiger partial charge on any atom is -0.490 e. The number of rotatable bonds is 15. The first-order valence-corrected chi connectivity index (χ1v) is 13.4. The number of nitrogens with zero attached hydrogens (tertiary/aromatic N) is 1. The molecule has 0 heterocycles. The number of amides is 1. The lowest BCUT2D eigenvalue weighted by Gasteiger charge is -2.15. The molecule has 0 aromatic heterocycles. The monoisotopic (exact) mass is 643 g/mol. The van der Waals surface area contributed by atoms with Gasteiger partial charge in [0.2, 0.25) is 0 Å². The smallest absolute Gasteiger partial charge is 0.340 e. The number of carboxylic acid groups (broad SMARTS) is 2. The maximum Gasteiger partial charge on any atom is 0.340 e. The molecular weight excluding hydrogens is 607 g/mol. The summed E-state index contributed by atoms with van der Waals surface area (Å²) in [6.45, 7) is 16.0. The number of carbonyl (C=O) groups excluding carboxylic acids is 1. The summed E-state index contributed by atoms with van der Waals surface area (Å²) in [5.41, 5.74) is 8.74. The van der Waals surface area contributed by atoms with E-state index in [9.17, 15) is 37.8 Å². The second-order valence-electron chi connectivity index (χ2n) is 9.07. The van der Waals surface area contributed by atoms with E-state index in [1.807, 2.05) is 13.0 Å². The Kier molecular flexibility index (Phi) is 14.9. The van der Waals surface area contributed by atoms with Gasteiger partial charge < -0.3 is 42.0 Å². The Balaban J connectivity index is 0.00000518. The van der Waals surface area contributed by atoms with Crippen LogP contribution in [-0.4, -0.2) is 39.6 Å². The topological polar surface area (TPSA) is 180 Å². The first-order chi connectivity index (χ1) is 21.7. The largest absolute Gasteiger partial charge is 0.490 e. The van der Waals surface area contributed by atoms with Crippen molar-refractivity contribution < 1.29 is 42.5 Å². The molecule has 46 heavy (non-hydrogen) atoms. The lowest BCUT2D eigenvalue weighted by Crippen LogP contribution is -2.22. The van der Waals surface area contributed by atoms with E-state index in [0.717, 1.165) is 24.6 Å². The molecule has 2 aromatic carbocycles. The van der Waals surface area contributed by atoms with Gasteiger partial charge in [-0.2, -0.15) is 0 Å². The molecule has 1 amide bonds. The number of hydrogen-bond donors (Lipinski definition) is 6. The molecule has 14 heteroatoms. The summed E-state index contributed by atoms with van der Waals surface area (Å²) >= 11 is 0. The Hall–Kier alpha value is -5.92. The molecule has 0 fully saturated rings. The maximum atomic E-state index is 15.0. The van der Waals surface area contributed by atoms with Crippen molar-refractivity contribution in [2.45, 2.75) is 26.7 Å². The third-order valence-electron chi connectivity index (χ3n) is 5.73. The van der Waals surface area contributed by atoms with Gasteiger partial charge in [-0.15, -0.1) is 13.2 Å². The minimum absolute atomic E-state index is 0.161. The van der Waals surface area contributed by atoms with Crippen molar-refractivity contribution in [2.75, 3.05) is 17.2 Å². The van der Waals surface area contributed by atoms with Gasteiger partial charge >= 0.3 is 11.9 Å². The summed E-state index contributed by atoms with van der Waals surface area (Å²) in [5, 5.41) is 23.7. The molecule has 0 saturated carbocycles. The van der Waals surface area contributed by atoms with Crippen LogP contribution >= 0.6 is 0 Å². The Labute approximate surface area is 264 Å². The fraction of sp³-hybridized carbons (Fsp3) is 0.156. The van der Waals surface area contributed by atoms with Gasteiger partial charge in [-0.3, -0.25) is 4.79 Å². The summed E-state index contributed by atoms with van der Waals surface area (Å²) in [5.74, 6) is -8.24. The highest BCUT2D eigenvalue weighted by molar-refractivity contribution is 6.07. The van der Waals surface area contributed by atoms with Gasteiger partial charge in [-0.05, 0) is 37.6 Å². The Morgan fingerprint density at radius 1 is 1.00 bits per heavy atom. The fourth-order valence-electron chi connectivity index (χ4n) is 3.64. The molecule has 0 unspecified atom stereocenters. The van der Waals surface area contributed by atoms with Gasteiger partial charge in [0.05, 0.1) is 29.2 Å². The highest BCUT2D eigenvalue weighted by atomic mass is 19.1. The van der Waals surface area contributed by atoms with E-state index >= 15 is 0 Å². The molecule has 246 valence electrons. The molecule has 0 atom stereocenters. The number of allylic oxidation sites excluding steroid dienone is 4. The number of ether oxygens (including phenoxy) is 1. The normalized spacial score (nSPS) is 11.2. The van der Waals surface area contributed by atoms with E-state index in [1.54, 1.807) is 6.20 Å². The van der Waals surface area contributed by atoms with Gasteiger partial charge in [0.25, 0.3) is 5.91 Å². The molecule has 0 aliphatic rings. The summed E-state index contributed by atoms with van der Waals surface area (Å²) in [4.78, 5) is 37.5. The highest BCUT2D eigenvalue weighted by Gasteiger charge is 2.24. The van der Waals surface area contributed by atoms with E-state index in [0.29, 0.717) is 6.07 Å². The Morgan fingerprint density at radius 3 is 2.20 bits per heavy atom. The molecule has 0 aliphatic heterocycles. The predicted octanol–water partition coefficient (Wildman–Crippen LogP) is 5.82. The van der Waals surface area contributed by atoms with Crippen LogP contribution in [0.3, 0.4) is 0 Å². The number of aromatic carboxylic acids is 2. The van der Waals surface area contributed by atoms with E-state index < -0.39 is 76.5 Å². The van der Waals surface area contributed by atoms with Crippen molar-refractivity contribution >= 4 is 29.2 Å². The van der Waals surface area contributed by atoms with Gasteiger partial charge in [-0.1, -0.05) is 26.2 Å². The quantitative estimate of drug-likeness (QED) is 0.0786. The molecule has 0 aliphatic carbocycles. The molecule has 0 saturated heterocycles. The lowest BCUT2D eigenvalue weighted by molar-refractivity contribution is -0.112. The Morgan fingerprint density at radius 2 is 1.65 bits per heavy atom. The van der Waals surface area contributed by atoms with Gasteiger partial charge in [0.1, 0.15) is 23.0 Å². The Bertz CT molecular complexity index is 1590. The number of hydrogen-bond acceptors (Lipinski definition) is 8. The van der Waals surface area contributed by atoms with Crippen LogP contribution in [0.5, 0.6) is 5.75 Å². The van der Waals surface area contributed by atoms with Crippen LogP contribution in [0, 0.1) is 17.5 Å². The van der Waals surface area contributed by atoms with E-state index in [-0.39, 0.29) is 22.9 Å². The van der Waals surface area contributed by atoms with Gasteiger partial charge in [0, 0.05) is 36.1 Å². The zero-order valence-electron chi connectivity index (χ0n) is 25.3. The van der Waals surface area contributed by atoms with Crippen LogP contribution < -0.4 is 26.8 Å². The highest BCUT2D eigenvalue weighted by Crippen LogP contribution is 2.29. The zero-order valence-corrected chi connectivity index (χ0v) is 25.3. The van der Waals surface area contributed by atoms with E-state index in [4.69, 9.17) is 16.2 Å². The van der Waals surface area contributed by atoms with E-state index in [2.05, 4.69) is 36.9 Å². The number of anilines is 2. The third kappa shape index (κ3) is 10.4. The second-order valence-corrected chi connectivity index (χ2v) is 9.07. The molecule has 8 N–H and O–H groups in total. The fourth-order valence-corrected chi connectivity index (χ4v) is 3.64. The number of carboxylic acids is 2. The van der Waals surface area contributed by atoms with Crippen molar-refractivity contribution in [3.63, 3.8) is 0 Å². The lowest BCUT2D eigenvalue weighted by atomic mass is 10.0. The number of nitrogens with two attached hydrogens (primary N) is 2. The van der Waals surface area contributed by atoms with Crippen LogP contribution in [0.2, 0.25) is 0 Å². The predicted molar refractivity (Wildman–Crippen MR) is 170 cm³/mol. The van der Waals surface area contributed by atoms with Crippen LogP contribution in [0.4, 0.5) is 24.5 Å². The standard InChI is InChI=1S/C30H32F3N5O6.C2H4/c1-5-7-11-38(6-2)25(35)9-8-21(34)28(39)37-22-15-24(20(32)13-18(22)29(40)41)44-12-10-17-19(31)14-23(36-16(3)4)26(27(17)33)30(42)43;1-2/h6-9,11,13-15,36H,2-3,5,10,12,34-35H2,1,4H3,(H,37,39)(H,40,41)(H,42,43);1-2H2/b11-7-,21-8-,25-9+;. The van der Waals surface area contributed by atoms with Gasteiger partial charge in [0.15, 0.2) is 11.6 Å². The zero-order chi connectivity index (χ0) is 35.1. The van der Waals surface area contributed by atoms with Crippen molar-refractivity contribution in [2.24, 2.45) is 11.5 Å². The van der Waals surface area contributed by atoms with E-state index in [1.165, 1.54) is 24.1 Å². The summed E-state index contributed by atoms with van der Waals surface area (Å²) in [6.07, 6.45) is 7.54. The summed E-state index contributed by atoms with van der Waals surface area (Å²) in [6, 6.07) is 2.22. The molecule has 2 aromatic rings. The maximum absolute atomic E-state index is 15.0. The van der Waals surface area contributed by atoms with Crippen LogP contribution in [0.15, 0.2) is 92.4 Å². The summed E-state index contributed by atoms with van der Waals surface area (Å²) < 4.78 is 49.7. The third-order valence-corrected chi connectivity index (χ3v) is 5.73. The van der Waals surface area contributed by atoms with Crippen LogP contribution in [0.1, 0.15) is 46.5 Å². The molecule has 11 nitrogen and oxygen atoms in total. The molecular formula is C32H36F3N5O6. The second kappa shape index (κ2) is 18.0. The summed E-state index contributed by atoms with van der Waals surface area (Å²) in [7, 11) is 0. The van der Waals surface area contributed by atoms with Crippen molar-refractivity contribution in [1.29, 1.82) is 0 Å². The molecule has 2 rings (SSSR count). The first-order valence-electron chi connectivity index (χ1n) is 13.4. The minimum atomic E-state index is -1.66. The number of halogens is 3. The number of nitrogens with one attached hydrogen (secondary N) is 2. The van der Waals surface area contributed by atoms with Crippen molar-refractivity contribution in [3.05, 3.63) is 126 Å². The average molecular weight is 644 g/mol. The molecule has 0 spiro atoms. The van der Waals surface area contributed by atoms with Crippen LogP contribution in [-0.2, 0) is 11.2 Å². The first kappa shape index (κ1) is 38.1. The van der Waals surface area contributed by atoms with Crippen LogP contribution in [0.25, 0.3) is 0 Å². The SMILES string of the molecule is C=C.C=CN(/C=C\CC)/C(N)=C/C=C(\N)C(=O)Nc1cc(OCCc2c(F)cc(NC(=C)C)c(C(=O)O)c2F)c(F)cc1C(=O)O. The van der Waals surface area contributed by atoms with Crippen molar-refractivity contribution in [1.82, 2.24) is 4.90 Å². The number of benzene rings is 2.